The minimum Gasteiger partial charge on any atom is -0.389 e. The topological polar surface area (TPSA) is 83.0 Å². The summed E-state index contributed by atoms with van der Waals surface area (Å²) in [6.07, 6.45) is 3.53. The molecule has 3 heterocycles. The van der Waals surface area contributed by atoms with Crippen LogP contribution in [-0.4, -0.2) is 38.7 Å². The minimum atomic E-state index is -0.789. The third kappa shape index (κ3) is 5.56. The Balaban J connectivity index is 1.49. The molecule has 5 rings (SSSR count). The number of thiazole rings is 1. The van der Waals surface area contributed by atoms with Gasteiger partial charge >= 0.3 is 0 Å². The van der Waals surface area contributed by atoms with Gasteiger partial charge in [-0.25, -0.2) is 19.3 Å². The van der Waals surface area contributed by atoms with Gasteiger partial charge in [-0.05, 0) is 56.6 Å². The maximum Gasteiger partial charge on any atom is 0.223 e. The zero-order valence-corrected chi connectivity index (χ0v) is 20.4. The first-order valence-corrected chi connectivity index (χ1v) is 12.6. The first-order valence-electron chi connectivity index (χ1n) is 11.8. The van der Waals surface area contributed by atoms with Gasteiger partial charge in [-0.3, -0.25) is 0 Å². The van der Waals surface area contributed by atoms with E-state index in [0.29, 0.717) is 42.2 Å². The van der Waals surface area contributed by atoms with Crippen molar-refractivity contribution < 1.29 is 9.50 Å². The molecule has 4 aromatic rings. The fraction of sp³-hybridized carbons (Fsp3) is 0.296. The molecule has 3 N–H and O–H groups in total. The Labute approximate surface area is 208 Å². The lowest BCUT2D eigenvalue weighted by Crippen LogP contribution is -2.43. The van der Waals surface area contributed by atoms with E-state index in [0.717, 1.165) is 28.5 Å². The Kier molecular flexibility index (Phi) is 6.86. The fourth-order valence-electron chi connectivity index (χ4n) is 4.37. The molecule has 2 aromatic carbocycles. The first kappa shape index (κ1) is 23.5. The second kappa shape index (κ2) is 10.2. The molecule has 6 nitrogen and oxygen atoms in total. The summed E-state index contributed by atoms with van der Waals surface area (Å²) in [5.74, 6) is 0.192. The fourth-order valence-corrected chi connectivity index (χ4v) is 5.56. The Morgan fingerprint density at radius 1 is 1.09 bits per heavy atom. The number of nitrogens with one attached hydrogen (secondary N) is 2. The number of aromatic nitrogens is 3. The van der Waals surface area contributed by atoms with Gasteiger partial charge in [-0.2, -0.15) is 0 Å². The lowest BCUT2D eigenvalue weighted by atomic mass is 9.89. The van der Waals surface area contributed by atoms with Crippen LogP contribution in [0.1, 0.15) is 36.4 Å². The molecule has 0 radical (unpaired) electrons. The summed E-state index contributed by atoms with van der Waals surface area (Å²) in [5.41, 5.74) is 2.41. The molecule has 0 spiro atoms. The molecule has 35 heavy (non-hydrogen) atoms. The highest BCUT2D eigenvalue weighted by molar-refractivity contribution is 7.15. The molecule has 0 saturated carbocycles. The average Bonchev–Trinajstić information content (AvgIpc) is 3.28. The van der Waals surface area contributed by atoms with Crippen molar-refractivity contribution in [1.82, 2.24) is 20.3 Å². The standard InChI is InChI=1S/C27H28FN5OS/c1-18(19-6-3-2-4-7-19)31-26-30-13-10-22(32-26)25-24(20-8-5-9-21(28)16-20)33-23(35-25)17-27(34)11-14-29-15-12-27/h2-10,13,16,18,29,34H,11-12,14-15,17H2,1H3,(H,30,31,32)/t18-/m0/s1. The summed E-state index contributed by atoms with van der Waals surface area (Å²) in [6.45, 7) is 3.63. The Morgan fingerprint density at radius 3 is 2.66 bits per heavy atom. The predicted octanol–water partition coefficient (Wildman–Crippen LogP) is 5.24. The van der Waals surface area contributed by atoms with Crippen molar-refractivity contribution >= 4 is 17.3 Å². The SMILES string of the molecule is C[C@H](Nc1nccc(-c2sc(CC3(O)CCNCC3)nc2-c2cccc(F)c2)n1)c1ccccc1. The van der Waals surface area contributed by atoms with Gasteiger partial charge < -0.3 is 15.7 Å². The summed E-state index contributed by atoms with van der Waals surface area (Å²) in [5, 5.41) is 18.6. The number of piperidine rings is 1. The second-order valence-corrected chi connectivity index (χ2v) is 10.1. The number of hydrogen-bond donors (Lipinski definition) is 3. The van der Waals surface area contributed by atoms with E-state index in [1.165, 1.54) is 23.5 Å². The van der Waals surface area contributed by atoms with E-state index in [1.807, 2.05) is 30.3 Å². The van der Waals surface area contributed by atoms with E-state index >= 15 is 0 Å². The lowest BCUT2D eigenvalue weighted by Gasteiger charge is -2.31. The zero-order valence-electron chi connectivity index (χ0n) is 19.5. The third-order valence-corrected chi connectivity index (χ3v) is 7.40. The van der Waals surface area contributed by atoms with Crippen LogP contribution in [0, 0.1) is 5.82 Å². The molecular formula is C27H28FN5OS. The quantitative estimate of drug-likeness (QED) is 0.330. The highest BCUT2D eigenvalue weighted by Gasteiger charge is 2.31. The maximum atomic E-state index is 14.1. The number of nitrogens with zero attached hydrogens (tertiary/aromatic N) is 3. The Morgan fingerprint density at radius 2 is 1.89 bits per heavy atom. The largest absolute Gasteiger partial charge is 0.389 e. The van der Waals surface area contributed by atoms with Crippen LogP contribution in [-0.2, 0) is 6.42 Å². The van der Waals surface area contributed by atoms with Crippen molar-refractivity contribution in [2.24, 2.45) is 0 Å². The van der Waals surface area contributed by atoms with Crippen LogP contribution >= 0.6 is 11.3 Å². The van der Waals surface area contributed by atoms with Gasteiger partial charge in [0, 0.05) is 18.2 Å². The van der Waals surface area contributed by atoms with Gasteiger partial charge in [0.25, 0.3) is 0 Å². The normalized spacial score (nSPS) is 16.1. The molecule has 1 atom stereocenters. The molecule has 0 unspecified atom stereocenters. The lowest BCUT2D eigenvalue weighted by molar-refractivity contribution is 0.0108. The molecule has 8 heteroatoms. The van der Waals surface area contributed by atoms with Gasteiger partial charge in [0.2, 0.25) is 5.95 Å². The summed E-state index contributed by atoms with van der Waals surface area (Å²) >= 11 is 1.50. The third-order valence-electron chi connectivity index (χ3n) is 6.32. The summed E-state index contributed by atoms with van der Waals surface area (Å²) in [6, 6.07) is 18.4. The van der Waals surface area contributed by atoms with E-state index in [9.17, 15) is 9.50 Å². The number of rotatable bonds is 7. The van der Waals surface area contributed by atoms with E-state index < -0.39 is 5.60 Å². The maximum absolute atomic E-state index is 14.1. The molecule has 180 valence electrons. The van der Waals surface area contributed by atoms with Gasteiger partial charge in [0.05, 0.1) is 32.9 Å². The van der Waals surface area contributed by atoms with Gasteiger partial charge in [0.1, 0.15) is 5.82 Å². The smallest absolute Gasteiger partial charge is 0.223 e. The summed E-state index contributed by atoms with van der Waals surface area (Å²) in [7, 11) is 0. The van der Waals surface area contributed by atoms with Gasteiger partial charge in [-0.15, -0.1) is 11.3 Å². The van der Waals surface area contributed by atoms with E-state index in [4.69, 9.17) is 9.97 Å². The Hall–Kier alpha value is -3.20. The van der Waals surface area contributed by atoms with E-state index in [2.05, 4.69) is 34.7 Å². The van der Waals surface area contributed by atoms with Crippen LogP contribution in [0.15, 0.2) is 66.9 Å². The Bertz CT molecular complexity index is 1290. The van der Waals surface area contributed by atoms with Crippen LogP contribution in [0.4, 0.5) is 10.3 Å². The van der Waals surface area contributed by atoms with Crippen molar-refractivity contribution in [3.63, 3.8) is 0 Å². The van der Waals surface area contributed by atoms with Gasteiger partial charge in [0.15, 0.2) is 0 Å². The molecular weight excluding hydrogens is 461 g/mol. The predicted molar refractivity (Wildman–Crippen MR) is 138 cm³/mol. The number of halogens is 1. The molecule has 1 aliphatic rings. The summed E-state index contributed by atoms with van der Waals surface area (Å²) < 4.78 is 14.1. The molecule has 0 bridgehead atoms. The van der Waals surface area contributed by atoms with E-state index in [1.54, 1.807) is 12.3 Å². The highest BCUT2D eigenvalue weighted by atomic mass is 32.1. The zero-order chi connectivity index (χ0) is 24.3. The van der Waals surface area contributed by atoms with E-state index in [-0.39, 0.29) is 11.9 Å². The van der Waals surface area contributed by atoms with Crippen molar-refractivity contribution in [2.45, 2.75) is 37.8 Å². The van der Waals surface area contributed by atoms with Crippen molar-refractivity contribution in [3.8, 4) is 21.8 Å². The van der Waals surface area contributed by atoms with Crippen LogP contribution in [0.25, 0.3) is 21.8 Å². The highest BCUT2D eigenvalue weighted by Crippen LogP contribution is 2.38. The van der Waals surface area contributed by atoms with Crippen molar-refractivity contribution in [2.75, 3.05) is 18.4 Å². The molecule has 2 aromatic heterocycles. The van der Waals surface area contributed by atoms with Gasteiger partial charge in [-0.1, -0.05) is 42.5 Å². The molecule has 1 aliphatic heterocycles. The number of hydrogen-bond acceptors (Lipinski definition) is 7. The second-order valence-electron chi connectivity index (χ2n) is 8.99. The number of benzene rings is 2. The van der Waals surface area contributed by atoms with Crippen LogP contribution in [0.5, 0.6) is 0 Å². The van der Waals surface area contributed by atoms with Crippen molar-refractivity contribution in [1.29, 1.82) is 0 Å². The van der Waals surface area contributed by atoms with Crippen LogP contribution in [0.2, 0.25) is 0 Å². The minimum absolute atomic E-state index is 0.0281. The molecule has 1 saturated heterocycles. The number of aliphatic hydroxyl groups is 1. The summed E-state index contributed by atoms with van der Waals surface area (Å²) in [4.78, 5) is 14.9. The van der Waals surface area contributed by atoms with Crippen molar-refractivity contribution in [3.05, 3.63) is 83.2 Å². The molecule has 0 aliphatic carbocycles. The molecule has 0 amide bonds. The average molecular weight is 490 g/mol. The first-order chi connectivity index (χ1) is 17.0. The molecule has 1 fully saturated rings. The van der Waals surface area contributed by atoms with Crippen LogP contribution in [0.3, 0.4) is 0 Å². The van der Waals surface area contributed by atoms with Crippen LogP contribution < -0.4 is 10.6 Å². The monoisotopic (exact) mass is 489 g/mol. The number of anilines is 1.